The van der Waals surface area contributed by atoms with Crippen LogP contribution in [0.2, 0.25) is 0 Å². The number of nitrogens with one attached hydrogen (secondary N) is 1. The van der Waals surface area contributed by atoms with E-state index >= 15 is 0 Å². The number of hydrogen-bond acceptors (Lipinski definition) is 10. The third kappa shape index (κ3) is 4.70. The number of ether oxygens (including phenoxy) is 2. The lowest BCUT2D eigenvalue weighted by atomic mass is 10.0. The molecule has 3 aromatic rings. The maximum Gasteiger partial charge on any atom is 0.414 e. The van der Waals surface area contributed by atoms with Crippen molar-refractivity contribution in [1.82, 2.24) is 14.9 Å². The van der Waals surface area contributed by atoms with Gasteiger partial charge in [0.1, 0.15) is 11.6 Å². The number of amides is 2. The van der Waals surface area contributed by atoms with Gasteiger partial charge in [-0.2, -0.15) is 0 Å². The average molecular weight is 537 g/mol. The van der Waals surface area contributed by atoms with Crippen LogP contribution in [0.25, 0.3) is 11.0 Å². The fourth-order valence-corrected chi connectivity index (χ4v) is 5.91. The Morgan fingerprint density at radius 1 is 1.21 bits per heavy atom. The van der Waals surface area contributed by atoms with Crippen LogP contribution in [0.3, 0.4) is 0 Å². The van der Waals surface area contributed by atoms with Gasteiger partial charge in [0, 0.05) is 55.1 Å². The molecule has 1 unspecified atom stereocenters. The Bertz CT molecular complexity index is 1380. The van der Waals surface area contributed by atoms with Gasteiger partial charge in [-0.15, -0.1) is 11.8 Å². The smallest absolute Gasteiger partial charge is 0.414 e. The Labute approximate surface area is 223 Å². The third-order valence-electron chi connectivity index (χ3n) is 7.07. The minimum atomic E-state index is -0.410. The molecule has 2 amide bonds. The number of cyclic esters (lactones) is 1. The first-order chi connectivity index (χ1) is 18.5. The molecule has 6 rings (SSSR count). The topological polar surface area (TPSA) is 120 Å². The molecule has 38 heavy (non-hydrogen) atoms. The van der Waals surface area contributed by atoms with Gasteiger partial charge in [-0.1, -0.05) is 0 Å². The van der Waals surface area contributed by atoms with E-state index in [-0.39, 0.29) is 24.7 Å². The van der Waals surface area contributed by atoms with E-state index in [0.29, 0.717) is 42.6 Å². The Morgan fingerprint density at radius 3 is 2.89 bits per heavy atom. The lowest BCUT2D eigenvalue weighted by Gasteiger charge is -2.47. The van der Waals surface area contributed by atoms with Crippen LogP contribution in [0.15, 0.2) is 47.5 Å². The number of pyridine rings is 2. The van der Waals surface area contributed by atoms with Gasteiger partial charge in [-0.3, -0.25) is 19.6 Å². The summed E-state index contributed by atoms with van der Waals surface area (Å²) in [6.45, 7) is 2.92. The number of aliphatic hydroxyl groups excluding tert-OH is 1. The van der Waals surface area contributed by atoms with Gasteiger partial charge in [0.05, 0.1) is 42.9 Å². The number of thioether (sulfide) groups is 1. The Morgan fingerprint density at radius 2 is 2.08 bits per heavy atom. The van der Waals surface area contributed by atoms with Crippen LogP contribution in [0.5, 0.6) is 5.88 Å². The van der Waals surface area contributed by atoms with Crippen molar-refractivity contribution < 1.29 is 24.2 Å². The SMILES string of the molecule is COc1ccc2nccc(N3CC(N(CCO)CC4CN(c5ccc6c(c5)NC(=O)CS6)C(=O)O4)C3)c2n1. The number of benzene rings is 1. The summed E-state index contributed by atoms with van der Waals surface area (Å²) in [5.41, 5.74) is 3.99. The van der Waals surface area contributed by atoms with Crippen molar-refractivity contribution in [3.63, 3.8) is 0 Å². The van der Waals surface area contributed by atoms with E-state index in [1.807, 2.05) is 30.3 Å². The summed E-state index contributed by atoms with van der Waals surface area (Å²) >= 11 is 1.48. The summed E-state index contributed by atoms with van der Waals surface area (Å²) in [5.74, 6) is 0.880. The molecule has 2 saturated heterocycles. The number of aromatic nitrogens is 2. The highest BCUT2D eigenvalue weighted by Crippen LogP contribution is 2.36. The van der Waals surface area contributed by atoms with Crippen LogP contribution in [0, 0.1) is 0 Å². The van der Waals surface area contributed by atoms with Gasteiger partial charge in [0.15, 0.2) is 0 Å². The number of fused-ring (bicyclic) bond motifs is 2. The lowest BCUT2D eigenvalue weighted by Crippen LogP contribution is -2.61. The highest BCUT2D eigenvalue weighted by atomic mass is 32.2. The molecule has 2 N–H and O–H groups in total. The molecule has 0 radical (unpaired) electrons. The number of nitrogens with zero attached hydrogens (tertiary/aromatic N) is 5. The van der Waals surface area contributed by atoms with Crippen molar-refractivity contribution in [2.24, 2.45) is 0 Å². The van der Waals surface area contributed by atoms with E-state index in [1.165, 1.54) is 11.8 Å². The molecule has 3 aliphatic rings. The van der Waals surface area contributed by atoms with Gasteiger partial charge in [-0.05, 0) is 30.3 Å². The number of hydrogen-bond donors (Lipinski definition) is 2. The maximum atomic E-state index is 12.7. The molecule has 0 bridgehead atoms. The van der Waals surface area contributed by atoms with E-state index in [9.17, 15) is 14.7 Å². The standard InChI is InChI=1S/C26H28N6O5S/c1-36-24-5-3-19-25(29-24)21(6-7-27-19)31-11-17(12-31)30(8-9-33)13-18-14-32(26(35)37-18)16-2-4-22-20(10-16)28-23(34)15-38-22/h2-7,10,17-18,33H,8-9,11-15H2,1H3,(H,28,34). The molecule has 11 nitrogen and oxygen atoms in total. The highest BCUT2D eigenvalue weighted by Gasteiger charge is 2.38. The van der Waals surface area contributed by atoms with Crippen molar-refractivity contribution in [3.8, 4) is 5.88 Å². The summed E-state index contributed by atoms with van der Waals surface area (Å²) in [5, 5.41) is 12.6. The van der Waals surface area contributed by atoms with Gasteiger partial charge >= 0.3 is 6.09 Å². The van der Waals surface area contributed by atoms with Crippen LogP contribution < -0.4 is 19.9 Å². The minimum absolute atomic E-state index is 0.0139. The zero-order valence-electron chi connectivity index (χ0n) is 20.9. The van der Waals surface area contributed by atoms with E-state index < -0.39 is 6.09 Å². The zero-order valence-corrected chi connectivity index (χ0v) is 21.7. The largest absolute Gasteiger partial charge is 0.481 e. The van der Waals surface area contributed by atoms with Gasteiger partial charge in [0.2, 0.25) is 11.8 Å². The van der Waals surface area contributed by atoms with Crippen molar-refractivity contribution >= 4 is 51.9 Å². The van der Waals surface area contributed by atoms with Crippen LogP contribution >= 0.6 is 11.8 Å². The predicted molar refractivity (Wildman–Crippen MR) is 144 cm³/mol. The molecule has 5 heterocycles. The number of methoxy groups -OCH3 is 1. The van der Waals surface area contributed by atoms with Crippen LogP contribution in [0.1, 0.15) is 0 Å². The van der Waals surface area contributed by atoms with Gasteiger partial charge in [0.25, 0.3) is 0 Å². The number of carbonyl (C=O) groups excluding carboxylic acids is 2. The molecule has 3 aliphatic heterocycles. The number of rotatable bonds is 8. The maximum absolute atomic E-state index is 12.7. The summed E-state index contributed by atoms with van der Waals surface area (Å²) < 4.78 is 11.0. The first-order valence-corrected chi connectivity index (χ1v) is 13.5. The molecular weight excluding hydrogens is 508 g/mol. The Kier molecular flexibility index (Phi) is 6.68. The number of aliphatic hydroxyl groups is 1. The quantitative estimate of drug-likeness (QED) is 0.443. The van der Waals surface area contributed by atoms with Crippen molar-refractivity contribution in [2.75, 3.05) is 67.3 Å². The Balaban J connectivity index is 1.12. The summed E-state index contributed by atoms with van der Waals surface area (Å²) in [7, 11) is 1.59. The first-order valence-electron chi connectivity index (χ1n) is 12.5. The number of carbonyl (C=O) groups is 2. The molecule has 2 aromatic heterocycles. The molecule has 198 valence electrons. The molecule has 2 fully saturated rings. The second kappa shape index (κ2) is 10.3. The van der Waals surface area contributed by atoms with E-state index in [0.717, 1.165) is 34.7 Å². The molecule has 1 atom stereocenters. The van der Waals surface area contributed by atoms with Crippen LogP contribution in [-0.2, 0) is 9.53 Å². The second-order valence-electron chi connectivity index (χ2n) is 9.46. The monoisotopic (exact) mass is 536 g/mol. The lowest BCUT2D eigenvalue weighted by molar-refractivity contribution is -0.113. The fraction of sp³-hybridized carbons (Fsp3) is 0.385. The minimum Gasteiger partial charge on any atom is -0.481 e. The molecular formula is C26H28N6O5S. The molecule has 0 spiro atoms. The van der Waals surface area contributed by atoms with Crippen molar-refractivity contribution in [2.45, 2.75) is 17.0 Å². The Hall–Kier alpha value is -3.61. The summed E-state index contributed by atoms with van der Waals surface area (Å²) in [6.07, 6.45) is 1.03. The first kappa shape index (κ1) is 24.7. The molecule has 0 aliphatic carbocycles. The number of anilines is 3. The van der Waals surface area contributed by atoms with Gasteiger partial charge < -0.3 is 24.8 Å². The van der Waals surface area contributed by atoms with Crippen LogP contribution in [-0.4, -0.2) is 96.3 Å². The van der Waals surface area contributed by atoms with Crippen LogP contribution in [0.4, 0.5) is 21.9 Å². The third-order valence-corrected chi connectivity index (χ3v) is 8.15. The predicted octanol–water partition coefficient (Wildman–Crippen LogP) is 2.19. The zero-order chi connectivity index (χ0) is 26.2. The molecule has 0 saturated carbocycles. The van der Waals surface area contributed by atoms with Crippen molar-refractivity contribution in [3.05, 3.63) is 42.6 Å². The van der Waals surface area contributed by atoms with E-state index in [4.69, 9.17) is 9.47 Å². The normalized spacial score (nSPS) is 19.4. The summed E-state index contributed by atoms with van der Waals surface area (Å²) in [4.78, 5) is 40.5. The van der Waals surface area contributed by atoms with E-state index in [1.54, 1.807) is 24.3 Å². The molecule has 12 heteroatoms. The van der Waals surface area contributed by atoms with E-state index in [2.05, 4.69) is 25.1 Å². The average Bonchev–Trinajstić information content (AvgIpc) is 3.27. The van der Waals surface area contributed by atoms with Crippen molar-refractivity contribution in [1.29, 1.82) is 0 Å². The highest BCUT2D eigenvalue weighted by molar-refractivity contribution is 8.00. The summed E-state index contributed by atoms with van der Waals surface area (Å²) in [6, 6.07) is 11.5. The van der Waals surface area contributed by atoms with Gasteiger partial charge in [-0.25, -0.2) is 9.78 Å². The fourth-order valence-electron chi connectivity index (χ4n) is 5.12. The second-order valence-corrected chi connectivity index (χ2v) is 10.5. The molecule has 1 aromatic carbocycles.